The summed E-state index contributed by atoms with van der Waals surface area (Å²) < 4.78 is 6.92. The Morgan fingerprint density at radius 1 is 1.30 bits per heavy atom. The van der Waals surface area contributed by atoms with E-state index in [4.69, 9.17) is 4.74 Å². The van der Waals surface area contributed by atoms with Gasteiger partial charge in [0.1, 0.15) is 6.10 Å². The highest BCUT2D eigenvalue weighted by Gasteiger charge is 2.31. The Bertz CT molecular complexity index is 592. The first-order valence-electron chi connectivity index (χ1n) is 7.03. The highest BCUT2D eigenvalue weighted by atomic mass is 32.1. The molecule has 2 aromatic rings. The lowest BCUT2D eigenvalue weighted by molar-refractivity contribution is -0.136. The first-order chi connectivity index (χ1) is 9.43. The number of thiophene rings is 1. The highest BCUT2D eigenvalue weighted by molar-refractivity contribution is 7.17. The van der Waals surface area contributed by atoms with Gasteiger partial charge in [-0.3, -0.25) is 4.79 Å². The van der Waals surface area contributed by atoms with E-state index in [1.54, 1.807) is 11.3 Å². The van der Waals surface area contributed by atoms with E-state index in [-0.39, 0.29) is 17.3 Å². The Kier molecular flexibility index (Phi) is 4.61. The molecular formula is C17H22O2S. The van der Waals surface area contributed by atoms with Crippen LogP contribution < -0.4 is 0 Å². The van der Waals surface area contributed by atoms with Gasteiger partial charge < -0.3 is 4.74 Å². The van der Waals surface area contributed by atoms with Gasteiger partial charge in [0, 0.05) is 17.7 Å². The molecule has 0 N–H and O–H groups in total. The van der Waals surface area contributed by atoms with Crippen LogP contribution in [0.15, 0.2) is 29.6 Å². The predicted octanol–water partition coefficient (Wildman–Crippen LogP) is 4.46. The van der Waals surface area contributed by atoms with Crippen molar-refractivity contribution >= 4 is 27.2 Å². The number of ketones is 1. The molecule has 0 spiro atoms. The molecule has 0 aliphatic heterocycles. The van der Waals surface area contributed by atoms with E-state index in [2.05, 4.69) is 38.3 Å². The lowest BCUT2D eigenvalue weighted by Gasteiger charge is -2.29. The van der Waals surface area contributed by atoms with Crippen LogP contribution in [-0.4, -0.2) is 18.5 Å². The number of ether oxygens (including phenoxy) is 1. The lowest BCUT2D eigenvalue weighted by atomic mass is 9.84. The maximum atomic E-state index is 12.6. The molecule has 108 valence electrons. The molecule has 0 amide bonds. The van der Waals surface area contributed by atoms with Gasteiger partial charge >= 0.3 is 0 Å². The number of benzene rings is 1. The van der Waals surface area contributed by atoms with Crippen molar-refractivity contribution < 1.29 is 9.53 Å². The minimum atomic E-state index is -0.342. The third-order valence-electron chi connectivity index (χ3n) is 3.34. The van der Waals surface area contributed by atoms with Crippen molar-refractivity contribution in [1.29, 1.82) is 0 Å². The van der Waals surface area contributed by atoms with Crippen LogP contribution in [0.3, 0.4) is 0 Å². The van der Waals surface area contributed by atoms with Crippen molar-refractivity contribution in [3.8, 4) is 0 Å². The van der Waals surface area contributed by atoms with E-state index < -0.39 is 0 Å². The fourth-order valence-corrected chi connectivity index (χ4v) is 3.41. The first kappa shape index (κ1) is 15.2. The van der Waals surface area contributed by atoms with Crippen LogP contribution in [0, 0.1) is 5.41 Å². The molecule has 1 unspecified atom stereocenters. The maximum absolute atomic E-state index is 12.6. The second kappa shape index (κ2) is 6.06. The SMILES string of the molecule is CCOC(C(=O)Cc1csc2ccccc12)C(C)(C)C. The second-order valence-corrected chi connectivity index (χ2v) is 7.01. The molecule has 0 fully saturated rings. The summed E-state index contributed by atoms with van der Waals surface area (Å²) in [5, 5.41) is 3.28. The standard InChI is InChI=1S/C17H22O2S/c1-5-19-16(17(2,3)4)14(18)10-12-11-20-15-9-7-6-8-13(12)15/h6-9,11,16H,5,10H2,1-4H3. The Morgan fingerprint density at radius 2 is 2.00 bits per heavy atom. The average molecular weight is 290 g/mol. The summed E-state index contributed by atoms with van der Waals surface area (Å²) in [6.45, 7) is 8.66. The van der Waals surface area contributed by atoms with Crippen LogP contribution in [0.2, 0.25) is 0 Å². The van der Waals surface area contributed by atoms with Gasteiger partial charge in [-0.05, 0) is 34.7 Å². The van der Waals surface area contributed by atoms with Crippen molar-refractivity contribution in [3.05, 3.63) is 35.2 Å². The molecule has 0 saturated carbocycles. The number of carbonyl (C=O) groups is 1. The average Bonchev–Trinajstić information content (AvgIpc) is 2.78. The minimum absolute atomic E-state index is 0.168. The largest absolute Gasteiger partial charge is 0.370 e. The van der Waals surface area contributed by atoms with Gasteiger partial charge in [-0.1, -0.05) is 39.0 Å². The van der Waals surface area contributed by atoms with Gasteiger partial charge in [-0.15, -0.1) is 11.3 Å². The molecule has 0 bridgehead atoms. The van der Waals surface area contributed by atoms with E-state index in [0.717, 1.165) is 5.56 Å². The van der Waals surface area contributed by atoms with E-state index in [1.807, 2.05) is 19.1 Å². The monoisotopic (exact) mass is 290 g/mol. The summed E-state index contributed by atoms with van der Waals surface area (Å²) in [6, 6.07) is 8.23. The van der Waals surface area contributed by atoms with E-state index in [0.29, 0.717) is 13.0 Å². The molecule has 3 heteroatoms. The van der Waals surface area contributed by atoms with Gasteiger partial charge in [-0.25, -0.2) is 0 Å². The quantitative estimate of drug-likeness (QED) is 0.812. The summed E-state index contributed by atoms with van der Waals surface area (Å²) in [7, 11) is 0. The maximum Gasteiger partial charge on any atom is 0.166 e. The molecule has 2 rings (SSSR count). The van der Waals surface area contributed by atoms with Crippen molar-refractivity contribution in [2.45, 2.75) is 40.2 Å². The molecule has 1 aromatic heterocycles. The van der Waals surface area contributed by atoms with Crippen LogP contribution in [0.5, 0.6) is 0 Å². The van der Waals surface area contributed by atoms with Crippen LogP contribution in [0.25, 0.3) is 10.1 Å². The fraction of sp³-hybridized carbons (Fsp3) is 0.471. The molecule has 2 nitrogen and oxygen atoms in total. The summed E-state index contributed by atoms with van der Waals surface area (Å²) in [6.07, 6.45) is 0.109. The number of rotatable bonds is 5. The van der Waals surface area contributed by atoms with Gasteiger partial charge in [0.2, 0.25) is 0 Å². The molecular weight excluding hydrogens is 268 g/mol. The third-order valence-corrected chi connectivity index (χ3v) is 4.35. The lowest BCUT2D eigenvalue weighted by Crippen LogP contribution is -2.38. The first-order valence-corrected chi connectivity index (χ1v) is 7.91. The number of carbonyl (C=O) groups excluding carboxylic acids is 1. The van der Waals surface area contributed by atoms with Crippen LogP contribution in [0.1, 0.15) is 33.3 Å². The summed E-state index contributed by atoms with van der Waals surface area (Å²) >= 11 is 1.70. The molecule has 0 saturated heterocycles. The Labute approximate surface area is 124 Å². The van der Waals surface area contributed by atoms with E-state index in [9.17, 15) is 4.79 Å². The van der Waals surface area contributed by atoms with Crippen molar-refractivity contribution in [3.63, 3.8) is 0 Å². The number of hydrogen-bond donors (Lipinski definition) is 0. The molecule has 20 heavy (non-hydrogen) atoms. The molecule has 0 aliphatic carbocycles. The normalized spacial score (nSPS) is 13.6. The van der Waals surface area contributed by atoms with Gasteiger partial charge in [0.05, 0.1) is 0 Å². The Morgan fingerprint density at radius 3 is 2.65 bits per heavy atom. The van der Waals surface area contributed by atoms with E-state index >= 15 is 0 Å². The summed E-state index contributed by atoms with van der Waals surface area (Å²) in [4.78, 5) is 12.6. The Hall–Kier alpha value is -1.19. The summed E-state index contributed by atoms with van der Waals surface area (Å²) in [5.41, 5.74) is 0.948. The molecule has 1 aromatic carbocycles. The number of hydrogen-bond acceptors (Lipinski definition) is 3. The summed E-state index contributed by atoms with van der Waals surface area (Å²) in [5.74, 6) is 0.169. The second-order valence-electron chi connectivity index (χ2n) is 6.10. The minimum Gasteiger partial charge on any atom is -0.370 e. The zero-order valence-corrected chi connectivity index (χ0v) is 13.4. The number of fused-ring (bicyclic) bond motifs is 1. The molecule has 1 atom stereocenters. The highest BCUT2D eigenvalue weighted by Crippen LogP contribution is 2.29. The van der Waals surface area contributed by atoms with Gasteiger partial charge in [-0.2, -0.15) is 0 Å². The smallest absolute Gasteiger partial charge is 0.166 e. The third kappa shape index (κ3) is 3.28. The topological polar surface area (TPSA) is 26.3 Å². The van der Waals surface area contributed by atoms with Crippen LogP contribution in [-0.2, 0) is 16.0 Å². The zero-order valence-electron chi connectivity index (χ0n) is 12.6. The van der Waals surface area contributed by atoms with Gasteiger partial charge in [0.25, 0.3) is 0 Å². The van der Waals surface area contributed by atoms with Crippen LogP contribution >= 0.6 is 11.3 Å². The van der Waals surface area contributed by atoms with E-state index in [1.165, 1.54) is 10.1 Å². The Balaban J connectivity index is 2.22. The van der Waals surface area contributed by atoms with Gasteiger partial charge in [0.15, 0.2) is 5.78 Å². The molecule has 1 heterocycles. The van der Waals surface area contributed by atoms with Crippen molar-refractivity contribution in [2.75, 3.05) is 6.61 Å². The number of Topliss-reactive ketones (excluding diaryl/α,β-unsaturated/α-hetero) is 1. The zero-order chi connectivity index (χ0) is 14.8. The van der Waals surface area contributed by atoms with Crippen molar-refractivity contribution in [1.82, 2.24) is 0 Å². The predicted molar refractivity (Wildman–Crippen MR) is 85.4 cm³/mol. The molecule has 0 aliphatic rings. The molecule has 0 radical (unpaired) electrons. The fourth-order valence-electron chi connectivity index (χ4n) is 2.44. The van der Waals surface area contributed by atoms with Crippen LogP contribution in [0.4, 0.5) is 0 Å². The van der Waals surface area contributed by atoms with Crippen molar-refractivity contribution in [2.24, 2.45) is 5.41 Å².